The van der Waals surface area contributed by atoms with Crippen molar-refractivity contribution >= 4 is 17.6 Å². The summed E-state index contributed by atoms with van der Waals surface area (Å²) in [4.78, 5) is 23.5. The predicted molar refractivity (Wildman–Crippen MR) is 65.3 cm³/mol. The van der Waals surface area contributed by atoms with Crippen LogP contribution in [0.4, 0.5) is 10.5 Å². The average molecular weight is 236 g/mol. The number of imide groups is 1. The molecule has 0 bridgehead atoms. The van der Waals surface area contributed by atoms with Gasteiger partial charge in [0, 0.05) is 19.3 Å². The molecule has 0 aliphatic carbocycles. The molecule has 5 N–H and O–H groups in total. The zero-order valence-electron chi connectivity index (χ0n) is 9.64. The van der Waals surface area contributed by atoms with Crippen LogP contribution < -0.4 is 21.7 Å². The smallest absolute Gasteiger partial charge is 0.318 e. The van der Waals surface area contributed by atoms with Gasteiger partial charge in [0.1, 0.15) is 0 Å². The monoisotopic (exact) mass is 236 g/mol. The van der Waals surface area contributed by atoms with Crippen LogP contribution in [0.3, 0.4) is 0 Å². The Morgan fingerprint density at radius 3 is 2.71 bits per heavy atom. The SMILES string of the molecule is CN(CC(=O)NC(N)=O)c1cccc(CN)c1. The summed E-state index contributed by atoms with van der Waals surface area (Å²) in [5.74, 6) is -0.446. The highest BCUT2D eigenvalue weighted by Gasteiger charge is 2.09. The van der Waals surface area contributed by atoms with Crippen LogP contribution in [0.2, 0.25) is 0 Å². The van der Waals surface area contributed by atoms with Crippen molar-refractivity contribution in [3.8, 4) is 0 Å². The van der Waals surface area contributed by atoms with Crippen LogP contribution in [0.15, 0.2) is 24.3 Å². The molecule has 1 aromatic carbocycles. The molecular weight excluding hydrogens is 220 g/mol. The van der Waals surface area contributed by atoms with Gasteiger partial charge in [0.15, 0.2) is 0 Å². The Bertz CT molecular complexity index is 420. The van der Waals surface area contributed by atoms with Gasteiger partial charge in [-0.2, -0.15) is 0 Å². The summed E-state index contributed by atoms with van der Waals surface area (Å²) in [7, 11) is 1.75. The number of rotatable bonds is 4. The Balaban J connectivity index is 2.65. The Labute approximate surface area is 99.6 Å². The molecule has 92 valence electrons. The molecule has 0 aromatic heterocycles. The van der Waals surface area contributed by atoms with Crippen LogP contribution in [0.1, 0.15) is 5.56 Å². The average Bonchev–Trinajstić information content (AvgIpc) is 2.27. The zero-order chi connectivity index (χ0) is 12.8. The predicted octanol–water partition coefficient (Wildman–Crippen LogP) is -0.224. The Hall–Kier alpha value is -2.08. The highest BCUT2D eigenvalue weighted by molar-refractivity contribution is 5.95. The maximum absolute atomic E-state index is 11.3. The quantitative estimate of drug-likeness (QED) is 0.672. The molecule has 17 heavy (non-hydrogen) atoms. The maximum Gasteiger partial charge on any atom is 0.318 e. The lowest BCUT2D eigenvalue weighted by molar-refractivity contribution is -0.118. The minimum Gasteiger partial charge on any atom is -0.365 e. The van der Waals surface area contributed by atoms with E-state index in [4.69, 9.17) is 11.5 Å². The third-order valence-corrected chi connectivity index (χ3v) is 2.23. The van der Waals surface area contributed by atoms with E-state index in [1.807, 2.05) is 29.6 Å². The first-order chi connectivity index (χ1) is 8.02. The molecule has 6 heteroatoms. The lowest BCUT2D eigenvalue weighted by Gasteiger charge is -2.18. The van der Waals surface area contributed by atoms with Crippen molar-refractivity contribution in [2.75, 3.05) is 18.5 Å². The van der Waals surface area contributed by atoms with E-state index in [9.17, 15) is 9.59 Å². The van der Waals surface area contributed by atoms with Crippen LogP contribution in [0.5, 0.6) is 0 Å². The fraction of sp³-hybridized carbons (Fsp3) is 0.273. The minimum absolute atomic E-state index is 0.0525. The lowest BCUT2D eigenvalue weighted by atomic mass is 10.2. The summed E-state index contributed by atoms with van der Waals surface area (Å²) in [6.45, 7) is 0.492. The Morgan fingerprint density at radius 1 is 1.41 bits per heavy atom. The van der Waals surface area contributed by atoms with Gasteiger partial charge in [0.25, 0.3) is 0 Å². The molecule has 0 heterocycles. The second-order valence-corrected chi connectivity index (χ2v) is 3.64. The number of nitrogens with one attached hydrogen (secondary N) is 1. The first-order valence-electron chi connectivity index (χ1n) is 5.12. The molecular formula is C11H16N4O2. The number of nitrogens with two attached hydrogens (primary N) is 2. The summed E-state index contributed by atoms with van der Waals surface area (Å²) in [6, 6.07) is 6.66. The third-order valence-electron chi connectivity index (χ3n) is 2.23. The van der Waals surface area contributed by atoms with Crippen molar-refractivity contribution in [2.45, 2.75) is 6.54 Å². The number of nitrogens with zero attached hydrogens (tertiary/aromatic N) is 1. The molecule has 0 radical (unpaired) electrons. The van der Waals surface area contributed by atoms with E-state index in [2.05, 4.69) is 0 Å². The van der Waals surface area contributed by atoms with Gasteiger partial charge in [0.05, 0.1) is 6.54 Å². The minimum atomic E-state index is -0.848. The van der Waals surface area contributed by atoms with Crippen molar-refractivity contribution < 1.29 is 9.59 Å². The van der Waals surface area contributed by atoms with Crippen molar-refractivity contribution in [3.05, 3.63) is 29.8 Å². The first kappa shape index (κ1) is 13.0. The lowest BCUT2D eigenvalue weighted by Crippen LogP contribution is -2.41. The molecule has 6 nitrogen and oxygen atoms in total. The number of hydrogen-bond donors (Lipinski definition) is 3. The van der Waals surface area contributed by atoms with Crippen molar-refractivity contribution in [1.29, 1.82) is 0 Å². The summed E-state index contributed by atoms with van der Waals surface area (Å²) in [5, 5.41) is 2.01. The normalized spacial score (nSPS) is 9.76. The summed E-state index contributed by atoms with van der Waals surface area (Å²) in [5.41, 5.74) is 12.2. The molecule has 1 rings (SSSR count). The zero-order valence-corrected chi connectivity index (χ0v) is 9.64. The Morgan fingerprint density at radius 2 is 2.12 bits per heavy atom. The largest absolute Gasteiger partial charge is 0.365 e. The summed E-state index contributed by atoms with van der Waals surface area (Å²) >= 11 is 0. The second-order valence-electron chi connectivity index (χ2n) is 3.64. The van der Waals surface area contributed by atoms with E-state index in [1.54, 1.807) is 11.9 Å². The van der Waals surface area contributed by atoms with Crippen LogP contribution >= 0.6 is 0 Å². The number of anilines is 1. The molecule has 0 saturated carbocycles. The number of amides is 3. The number of benzene rings is 1. The van der Waals surface area contributed by atoms with Crippen molar-refractivity contribution in [2.24, 2.45) is 11.5 Å². The van der Waals surface area contributed by atoms with E-state index >= 15 is 0 Å². The topological polar surface area (TPSA) is 101 Å². The molecule has 0 fully saturated rings. The van der Waals surface area contributed by atoms with Crippen LogP contribution in [-0.4, -0.2) is 25.5 Å². The molecule has 0 aliphatic rings. The molecule has 0 saturated heterocycles. The van der Waals surface area contributed by atoms with Gasteiger partial charge in [-0.1, -0.05) is 12.1 Å². The van der Waals surface area contributed by atoms with E-state index < -0.39 is 11.9 Å². The fourth-order valence-electron chi connectivity index (χ4n) is 1.40. The van der Waals surface area contributed by atoms with Crippen LogP contribution in [0.25, 0.3) is 0 Å². The van der Waals surface area contributed by atoms with Crippen LogP contribution in [-0.2, 0) is 11.3 Å². The number of hydrogen-bond acceptors (Lipinski definition) is 4. The van der Waals surface area contributed by atoms with E-state index in [0.717, 1.165) is 11.3 Å². The first-order valence-corrected chi connectivity index (χ1v) is 5.12. The van der Waals surface area contributed by atoms with Crippen molar-refractivity contribution in [1.82, 2.24) is 5.32 Å². The van der Waals surface area contributed by atoms with Gasteiger partial charge in [-0.3, -0.25) is 10.1 Å². The number of urea groups is 1. The van der Waals surface area contributed by atoms with E-state index in [-0.39, 0.29) is 6.54 Å². The molecule has 0 atom stereocenters. The molecule has 1 aromatic rings. The number of carbonyl (C=O) groups excluding carboxylic acids is 2. The third kappa shape index (κ3) is 4.12. The number of primary amides is 1. The van der Waals surface area contributed by atoms with E-state index in [0.29, 0.717) is 6.54 Å². The second kappa shape index (κ2) is 5.86. The molecule has 0 unspecified atom stereocenters. The van der Waals surface area contributed by atoms with Gasteiger partial charge in [-0.05, 0) is 17.7 Å². The number of likely N-dealkylation sites (N-methyl/N-ethyl adjacent to an activating group) is 1. The number of carbonyl (C=O) groups is 2. The maximum atomic E-state index is 11.3. The molecule has 0 spiro atoms. The van der Waals surface area contributed by atoms with Gasteiger partial charge >= 0.3 is 6.03 Å². The van der Waals surface area contributed by atoms with Crippen molar-refractivity contribution in [3.63, 3.8) is 0 Å². The van der Waals surface area contributed by atoms with Gasteiger partial charge < -0.3 is 16.4 Å². The van der Waals surface area contributed by atoms with Gasteiger partial charge in [0.2, 0.25) is 5.91 Å². The molecule has 0 aliphatic heterocycles. The van der Waals surface area contributed by atoms with E-state index in [1.165, 1.54) is 0 Å². The van der Waals surface area contributed by atoms with Gasteiger partial charge in [-0.25, -0.2) is 4.79 Å². The fourth-order valence-corrected chi connectivity index (χ4v) is 1.40. The summed E-state index contributed by atoms with van der Waals surface area (Å²) < 4.78 is 0. The van der Waals surface area contributed by atoms with Crippen LogP contribution in [0, 0.1) is 0 Å². The Kier molecular flexibility index (Phi) is 4.47. The highest BCUT2D eigenvalue weighted by atomic mass is 16.2. The van der Waals surface area contributed by atoms with Gasteiger partial charge in [-0.15, -0.1) is 0 Å². The summed E-state index contributed by atoms with van der Waals surface area (Å²) in [6.07, 6.45) is 0. The molecule has 3 amide bonds. The standard InChI is InChI=1S/C11H16N4O2/c1-15(7-10(16)14-11(13)17)9-4-2-3-8(5-9)6-12/h2-5H,6-7,12H2,1H3,(H3,13,14,16,17). The highest BCUT2D eigenvalue weighted by Crippen LogP contribution is 2.13.